The van der Waals surface area contributed by atoms with Gasteiger partial charge in [0.05, 0.1) is 6.26 Å². The molecule has 1 aromatic carbocycles. The van der Waals surface area contributed by atoms with Gasteiger partial charge < -0.3 is 4.42 Å². The minimum absolute atomic E-state index is 0.242. The molecule has 0 unspecified atom stereocenters. The van der Waals surface area contributed by atoms with Crippen LogP contribution in [0.25, 0.3) is 6.08 Å². The normalized spacial score (nSPS) is 11.0. The van der Waals surface area contributed by atoms with Crippen LogP contribution in [-0.2, 0) is 11.2 Å². The van der Waals surface area contributed by atoms with Crippen molar-refractivity contribution in [3.8, 4) is 0 Å². The highest BCUT2D eigenvalue weighted by atomic mass is 35.5. The third-order valence-electron chi connectivity index (χ3n) is 3.02. The average Bonchev–Trinajstić information content (AvgIpc) is 3.20. The Hall–Kier alpha value is -2.37. The first-order valence-electron chi connectivity index (χ1n) is 6.91. The summed E-state index contributed by atoms with van der Waals surface area (Å²) in [4.78, 5) is 17.1. The van der Waals surface area contributed by atoms with E-state index in [0.29, 0.717) is 15.9 Å². The van der Waals surface area contributed by atoms with Crippen molar-refractivity contribution < 1.29 is 9.21 Å². The summed E-state index contributed by atoms with van der Waals surface area (Å²) >= 11 is 7.32. The molecule has 0 atom stereocenters. The van der Waals surface area contributed by atoms with Crippen LogP contribution in [0.4, 0.5) is 5.13 Å². The molecule has 116 valence electrons. The van der Waals surface area contributed by atoms with Gasteiger partial charge in [-0.05, 0) is 35.9 Å². The maximum Gasteiger partial charge on any atom is 0.250 e. The number of carbonyl (C=O) groups excluding carboxylic acids is 1. The van der Waals surface area contributed by atoms with E-state index < -0.39 is 0 Å². The monoisotopic (exact) mass is 344 g/mol. The molecule has 0 spiro atoms. The average molecular weight is 345 g/mol. The number of nitrogens with zero attached hydrogens (tertiary/aromatic N) is 1. The van der Waals surface area contributed by atoms with Crippen molar-refractivity contribution in [2.75, 3.05) is 5.32 Å². The first kappa shape index (κ1) is 15.5. The maximum absolute atomic E-state index is 11.8. The summed E-state index contributed by atoms with van der Waals surface area (Å²) in [6, 6.07) is 11.2. The summed E-state index contributed by atoms with van der Waals surface area (Å²) < 4.78 is 5.12. The topological polar surface area (TPSA) is 55.1 Å². The molecule has 4 nitrogen and oxygen atoms in total. The van der Waals surface area contributed by atoms with E-state index in [0.717, 1.165) is 16.9 Å². The van der Waals surface area contributed by atoms with Crippen LogP contribution in [-0.4, -0.2) is 10.9 Å². The smallest absolute Gasteiger partial charge is 0.250 e. The number of rotatable bonds is 5. The molecular weight excluding hydrogens is 332 g/mol. The number of furan rings is 1. The van der Waals surface area contributed by atoms with Crippen molar-refractivity contribution in [3.63, 3.8) is 0 Å². The fourth-order valence-electron chi connectivity index (χ4n) is 1.94. The molecule has 0 bridgehead atoms. The van der Waals surface area contributed by atoms with Gasteiger partial charge in [-0.3, -0.25) is 10.1 Å². The van der Waals surface area contributed by atoms with E-state index in [1.807, 2.05) is 24.3 Å². The molecule has 2 heterocycles. The van der Waals surface area contributed by atoms with Crippen LogP contribution in [0, 0.1) is 0 Å². The van der Waals surface area contributed by atoms with Crippen molar-refractivity contribution in [2.45, 2.75) is 6.42 Å². The summed E-state index contributed by atoms with van der Waals surface area (Å²) in [5, 5.41) is 4.03. The number of anilines is 1. The molecule has 23 heavy (non-hydrogen) atoms. The number of benzene rings is 1. The van der Waals surface area contributed by atoms with Gasteiger partial charge in [-0.1, -0.05) is 23.7 Å². The van der Waals surface area contributed by atoms with E-state index in [4.69, 9.17) is 16.0 Å². The lowest BCUT2D eigenvalue weighted by molar-refractivity contribution is -0.111. The zero-order valence-electron chi connectivity index (χ0n) is 12.0. The van der Waals surface area contributed by atoms with Crippen molar-refractivity contribution in [1.29, 1.82) is 0 Å². The molecule has 0 saturated carbocycles. The van der Waals surface area contributed by atoms with Crippen LogP contribution in [0.2, 0.25) is 5.02 Å². The summed E-state index contributed by atoms with van der Waals surface area (Å²) in [6.45, 7) is 0. The number of carbonyl (C=O) groups is 1. The van der Waals surface area contributed by atoms with Crippen LogP contribution in [0.5, 0.6) is 0 Å². The second kappa shape index (κ2) is 7.26. The molecule has 1 N–H and O–H groups in total. The summed E-state index contributed by atoms with van der Waals surface area (Å²) in [5.41, 5.74) is 1.15. The van der Waals surface area contributed by atoms with E-state index >= 15 is 0 Å². The molecule has 3 rings (SSSR count). The van der Waals surface area contributed by atoms with Crippen LogP contribution < -0.4 is 5.32 Å². The number of amides is 1. The van der Waals surface area contributed by atoms with Gasteiger partial charge in [-0.25, -0.2) is 4.98 Å². The zero-order chi connectivity index (χ0) is 16.1. The first-order valence-corrected chi connectivity index (χ1v) is 8.10. The minimum atomic E-state index is -0.242. The zero-order valence-corrected chi connectivity index (χ0v) is 13.6. The minimum Gasteiger partial charge on any atom is -0.465 e. The number of nitrogens with one attached hydrogen (secondary N) is 1. The standard InChI is InChI=1S/C17H13ClN2O2S/c18-13-5-3-12(4-6-13)10-15-11-19-17(23-15)20-16(21)8-7-14-2-1-9-22-14/h1-9,11H,10H2,(H,19,20,21)/b8-7+. The molecule has 6 heteroatoms. The van der Waals surface area contributed by atoms with E-state index in [-0.39, 0.29) is 5.91 Å². The van der Waals surface area contributed by atoms with Crippen molar-refractivity contribution in [2.24, 2.45) is 0 Å². The summed E-state index contributed by atoms with van der Waals surface area (Å²) in [6.07, 6.45) is 7.11. The summed E-state index contributed by atoms with van der Waals surface area (Å²) in [5.74, 6) is 0.386. The SMILES string of the molecule is O=C(/C=C/c1ccco1)Nc1ncc(Cc2ccc(Cl)cc2)s1. The highest BCUT2D eigenvalue weighted by molar-refractivity contribution is 7.15. The van der Waals surface area contributed by atoms with Crippen LogP contribution in [0.15, 0.2) is 59.4 Å². The molecule has 0 fully saturated rings. The summed E-state index contributed by atoms with van der Waals surface area (Å²) in [7, 11) is 0. The number of hydrogen-bond acceptors (Lipinski definition) is 4. The van der Waals surface area contributed by atoms with E-state index in [2.05, 4.69) is 10.3 Å². The van der Waals surface area contributed by atoms with E-state index in [1.165, 1.54) is 17.4 Å². The Morgan fingerprint density at radius 3 is 2.87 bits per heavy atom. The number of thiazole rings is 1. The fourth-order valence-corrected chi connectivity index (χ4v) is 2.92. The molecular formula is C17H13ClN2O2S. The molecule has 1 amide bonds. The predicted molar refractivity (Wildman–Crippen MR) is 92.7 cm³/mol. The van der Waals surface area contributed by atoms with Crippen molar-refractivity contribution in [1.82, 2.24) is 4.98 Å². The molecule has 0 radical (unpaired) electrons. The highest BCUT2D eigenvalue weighted by Crippen LogP contribution is 2.22. The van der Waals surface area contributed by atoms with Gasteiger partial charge in [-0.2, -0.15) is 0 Å². The second-order valence-electron chi connectivity index (χ2n) is 4.77. The van der Waals surface area contributed by atoms with Gasteiger partial charge in [0.1, 0.15) is 5.76 Å². The van der Waals surface area contributed by atoms with Crippen molar-refractivity contribution in [3.05, 3.63) is 76.2 Å². The van der Waals surface area contributed by atoms with Gasteiger partial charge in [0, 0.05) is 28.6 Å². The Kier molecular flexibility index (Phi) is 4.90. The predicted octanol–water partition coefficient (Wildman–Crippen LogP) is 4.63. The Labute approximate surface area is 142 Å². The van der Waals surface area contributed by atoms with Crippen LogP contribution in [0.1, 0.15) is 16.2 Å². The molecule has 0 aliphatic heterocycles. The lowest BCUT2D eigenvalue weighted by atomic mass is 10.1. The molecule has 2 aromatic heterocycles. The quantitative estimate of drug-likeness (QED) is 0.686. The Morgan fingerprint density at radius 1 is 1.30 bits per heavy atom. The van der Waals surface area contributed by atoms with Crippen molar-refractivity contribution >= 4 is 40.1 Å². The van der Waals surface area contributed by atoms with E-state index in [9.17, 15) is 4.79 Å². The Morgan fingerprint density at radius 2 is 2.13 bits per heavy atom. The lowest BCUT2D eigenvalue weighted by Crippen LogP contribution is -2.06. The lowest BCUT2D eigenvalue weighted by Gasteiger charge is -1.98. The highest BCUT2D eigenvalue weighted by Gasteiger charge is 2.05. The van der Waals surface area contributed by atoms with E-state index in [1.54, 1.807) is 30.7 Å². The third kappa shape index (κ3) is 4.55. The Balaban J connectivity index is 1.58. The molecule has 3 aromatic rings. The second-order valence-corrected chi connectivity index (χ2v) is 6.32. The van der Waals surface area contributed by atoms with Gasteiger partial charge in [-0.15, -0.1) is 11.3 Å². The first-order chi connectivity index (χ1) is 11.2. The fraction of sp³-hybridized carbons (Fsp3) is 0.0588. The van der Waals surface area contributed by atoms with Crippen LogP contribution in [0.3, 0.4) is 0 Å². The maximum atomic E-state index is 11.8. The third-order valence-corrected chi connectivity index (χ3v) is 4.18. The molecule has 0 saturated heterocycles. The van der Waals surface area contributed by atoms with Crippen LogP contribution >= 0.6 is 22.9 Å². The van der Waals surface area contributed by atoms with Gasteiger partial charge in [0.2, 0.25) is 5.91 Å². The van der Waals surface area contributed by atoms with Gasteiger partial charge in [0.25, 0.3) is 0 Å². The number of aromatic nitrogens is 1. The molecule has 0 aliphatic carbocycles. The Bertz CT molecular complexity index is 808. The van der Waals surface area contributed by atoms with Gasteiger partial charge in [0.15, 0.2) is 5.13 Å². The largest absolute Gasteiger partial charge is 0.465 e. The van der Waals surface area contributed by atoms with Gasteiger partial charge >= 0.3 is 0 Å². The molecule has 0 aliphatic rings. The number of halogens is 1. The number of hydrogen-bond donors (Lipinski definition) is 1.